The Kier molecular flexibility index (Phi) is 10.2. The van der Waals surface area contributed by atoms with E-state index in [1.54, 1.807) is 0 Å². The normalized spacial score (nSPS) is 24.9. The van der Waals surface area contributed by atoms with E-state index in [1.807, 2.05) is 45.0 Å². The monoisotopic (exact) mass is 510 g/mol. The largest absolute Gasteiger partial charge is 0.467 e. The number of methoxy groups -OCH3 is 1. The average molecular weight is 511 g/mol. The summed E-state index contributed by atoms with van der Waals surface area (Å²) in [5.41, 5.74) is 1.34. The topological polar surface area (TPSA) is 94.2 Å². The van der Waals surface area contributed by atoms with Gasteiger partial charge in [-0.05, 0) is 42.7 Å². The van der Waals surface area contributed by atoms with E-state index in [2.05, 4.69) is 29.3 Å². The molecule has 2 aliphatic rings. The van der Waals surface area contributed by atoms with Crippen LogP contribution in [0.4, 0.5) is 4.79 Å². The lowest BCUT2D eigenvalue weighted by Crippen LogP contribution is -2.57. The third-order valence-electron chi connectivity index (χ3n) is 6.51. The second-order valence-corrected chi connectivity index (χ2v) is 10.4. The first-order chi connectivity index (χ1) is 17.7. The predicted octanol–water partition coefficient (Wildman–Crippen LogP) is 3.93. The standard InChI is InChI=1S/C29H38N2O6/c1-29(2,3)25-26(32)31-20-23(19-24(31)27(33)35-4)36-18-12-16-22-15-10-9-14-21(22)13-8-6-5-7-11-17-37-28(34)30-25/h8-10,13-15,23-25H,5-7,11,17-20H2,1-4H3,(H,30,34)/b13-8-/t23-,24+,25-/m1/s1. The van der Waals surface area contributed by atoms with Crippen molar-refractivity contribution in [1.29, 1.82) is 0 Å². The van der Waals surface area contributed by atoms with E-state index >= 15 is 0 Å². The van der Waals surface area contributed by atoms with E-state index in [4.69, 9.17) is 14.2 Å². The number of rotatable bonds is 1. The molecular formula is C29H38N2O6. The first-order valence-corrected chi connectivity index (χ1v) is 12.9. The molecule has 0 saturated carbocycles. The average Bonchev–Trinajstić information content (AvgIpc) is 3.29. The molecule has 37 heavy (non-hydrogen) atoms. The van der Waals surface area contributed by atoms with Crippen LogP contribution in [0, 0.1) is 17.3 Å². The maximum absolute atomic E-state index is 13.6. The number of amides is 2. The number of esters is 1. The molecule has 0 radical (unpaired) electrons. The second kappa shape index (κ2) is 13.3. The van der Waals surface area contributed by atoms with Gasteiger partial charge >= 0.3 is 12.1 Å². The van der Waals surface area contributed by atoms with Gasteiger partial charge in [-0.1, -0.05) is 63.0 Å². The summed E-state index contributed by atoms with van der Waals surface area (Å²) in [4.78, 5) is 40.2. The van der Waals surface area contributed by atoms with Gasteiger partial charge in [0.25, 0.3) is 0 Å². The van der Waals surface area contributed by atoms with Crippen molar-refractivity contribution in [2.24, 2.45) is 5.41 Å². The van der Waals surface area contributed by atoms with Gasteiger partial charge in [-0.3, -0.25) is 4.79 Å². The molecule has 0 spiro atoms. The zero-order valence-electron chi connectivity index (χ0n) is 22.2. The van der Waals surface area contributed by atoms with Crippen LogP contribution in [-0.2, 0) is 23.8 Å². The van der Waals surface area contributed by atoms with Crippen LogP contribution >= 0.6 is 0 Å². The molecule has 1 fully saturated rings. The molecule has 3 rings (SSSR count). The zero-order valence-corrected chi connectivity index (χ0v) is 22.2. The molecule has 2 bridgehead atoms. The van der Waals surface area contributed by atoms with Crippen LogP contribution < -0.4 is 5.32 Å². The van der Waals surface area contributed by atoms with E-state index in [0.717, 1.165) is 36.8 Å². The quantitative estimate of drug-likeness (QED) is 0.455. The molecule has 3 atom stereocenters. The molecule has 0 aromatic heterocycles. The van der Waals surface area contributed by atoms with Crippen molar-refractivity contribution in [2.45, 2.75) is 71.1 Å². The van der Waals surface area contributed by atoms with Gasteiger partial charge in [-0.15, -0.1) is 0 Å². The van der Waals surface area contributed by atoms with Gasteiger partial charge in [0.1, 0.15) is 18.7 Å². The summed E-state index contributed by atoms with van der Waals surface area (Å²) in [6.07, 6.45) is 6.99. The molecule has 200 valence electrons. The fraction of sp³-hybridized carbons (Fsp3) is 0.552. The highest BCUT2D eigenvalue weighted by Gasteiger charge is 2.45. The molecule has 8 heteroatoms. The number of carbonyl (C=O) groups excluding carboxylic acids is 3. The molecule has 0 aliphatic carbocycles. The molecule has 1 aromatic rings. The first kappa shape index (κ1) is 28.3. The van der Waals surface area contributed by atoms with Crippen molar-refractivity contribution in [3.05, 3.63) is 41.5 Å². The number of cyclic esters (lactones) is 1. The lowest BCUT2D eigenvalue weighted by molar-refractivity contribution is -0.152. The van der Waals surface area contributed by atoms with Gasteiger partial charge < -0.3 is 24.4 Å². The Morgan fingerprint density at radius 3 is 2.70 bits per heavy atom. The van der Waals surface area contributed by atoms with Gasteiger partial charge in [0.05, 0.1) is 19.8 Å². The van der Waals surface area contributed by atoms with Crippen LogP contribution in [-0.4, -0.2) is 67.9 Å². The molecular weight excluding hydrogens is 472 g/mol. The Balaban J connectivity index is 1.84. The van der Waals surface area contributed by atoms with Crippen molar-refractivity contribution in [1.82, 2.24) is 10.2 Å². The third kappa shape index (κ3) is 8.09. The maximum Gasteiger partial charge on any atom is 0.407 e. The predicted molar refractivity (Wildman–Crippen MR) is 140 cm³/mol. The van der Waals surface area contributed by atoms with Crippen molar-refractivity contribution in [2.75, 3.05) is 26.9 Å². The number of carbonyl (C=O) groups is 3. The number of allylic oxidation sites excluding steroid dienone is 1. The van der Waals surface area contributed by atoms with E-state index in [0.29, 0.717) is 6.42 Å². The molecule has 2 amide bonds. The lowest BCUT2D eigenvalue weighted by Gasteiger charge is -2.34. The second-order valence-electron chi connectivity index (χ2n) is 10.4. The Morgan fingerprint density at radius 2 is 1.95 bits per heavy atom. The number of hydrogen-bond donors (Lipinski definition) is 1. The molecule has 8 nitrogen and oxygen atoms in total. The van der Waals surface area contributed by atoms with Gasteiger partial charge in [-0.25, -0.2) is 9.59 Å². The highest BCUT2D eigenvalue weighted by molar-refractivity contribution is 5.91. The number of nitrogens with zero attached hydrogens (tertiary/aromatic N) is 1. The summed E-state index contributed by atoms with van der Waals surface area (Å²) in [6.45, 7) is 6.19. The zero-order chi connectivity index (χ0) is 26.8. The van der Waals surface area contributed by atoms with Gasteiger partial charge in [-0.2, -0.15) is 0 Å². The number of fused-ring (bicyclic) bond motifs is 3. The van der Waals surface area contributed by atoms with Crippen molar-refractivity contribution >= 4 is 24.0 Å². The van der Waals surface area contributed by atoms with Crippen molar-refractivity contribution in [3.63, 3.8) is 0 Å². The summed E-state index contributed by atoms with van der Waals surface area (Å²) in [7, 11) is 1.29. The Bertz CT molecular complexity index is 1050. The van der Waals surface area contributed by atoms with Crippen LogP contribution in [0.1, 0.15) is 64.0 Å². The number of alkyl carbamates (subject to hydrolysis) is 1. The lowest BCUT2D eigenvalue weighted by atomic mass is 9.85. The minimum Gasteiger partial charge on any atom is -0.467 e. The fourth-order valence-corrected chi connectivity index (χ4v) is 4.46. The van der Waals surface area contributed by atoms with E-state index in [9.17, 15) is 14.4 Å². The van der Waals surface area contributed by atoms with E-state index in [1.165, 1.54) is 12.0 Å². The molecule has 1 saturated heterocycles. The summed E-state index contributed by atoms with van der Waals surface area (Å²) in [6, 6.07) is 6.23. The number of nitrogens with one attached hydrogen (secondary N) is 1. The minimum atomic E-state index is -0.888. The van der Waals surface area contributed by atoms with Gasteiger partial charge in [0.15, 0.2) is 0 Å². The maximum atomic E-state index is 13.6. The van der Waals surface area contributed by atoms with Crippen LogP contribution in [0.2, 0.25) is 0 Å². The van der Waals surface area contributed by atoms with Gasteiger partial charge in [0.2, 0.25) is 5.91 Å². The first-order valence-electron chi connectivity index (χ1n) is 12.9. The molecule has 2 aliphatic heterocycles. The van der Waals surface area contributed by atoms with Gasteiger partial charge in [0, 0.05) is 18.5 Å². The van der Waals surface area contributed by atoms with Crippen LogP contribution in [0.3, 0.4) is 0 Å². The summed E-state index contributed by atoms with van der Waals surface area (Å²) in [5, 5.41) is 2.73. The fourth-order valence-electron chi connectivity index (χ4n) is 4.46. The van der Waals surface area contributed by atoms with E-state index < -0.39 is 29.6 Å². The third-order valence-corrected chi connectivity index (χ3v) is 6.51. The van der Waals surface area contributed by atoms with Crippen LogP contribution in [0.5, 0.6) is 0 Å². The number of benzene rings is 1. The summed E-state index contributed by atoms with van der Waals surface area (Å²) < 4.78 is 16.3. The SMILES string of the molecule is COC(=O)[C@@H]1C[C@@H]2CN1C(=O)[C@H](C(C)(C)C)NC(=O)OCCCCC/C=C\c1ccccc1C#CCO2. The van der Waals surface area contributed by atoms with Crippen molar-refractivity contribution in [3.8, 4) is 11.8 Å². The highest BCUT2D eigenvalue weighted by Crippen LogP contribution is 2.27. The van der Waals surface area contributed by atoms with E-state index in [-0.39, 0.29) is 31.8 Å². The van der Waals surface area contributed by atoms with Crippen LogP contribution in [0.15, 0.2) is 30.3 Å². The molecule has 1 N–H and O–H groups in total. The molecule has 0 unspecified atom stereocenters. The smallest absolute Gasteiger partial charge is 0.407 e. The summed E-state index contributed by atoms with van der Waals surface area (Å²) >= 11 is 0. The number of ether oxygens (including phenoxy) is 3. The minimum absolute atomic E-state index is 0.159. The Morgan fingerprint density at radius 1 is 1.16 bits per heavy atom. The van der Waals surface area contributed by atoms with Crippen molar-refractivity contribution < 1.29 is 28.6 Å². The highest BCUT2D eigenvalue weighted by atomic mass is 16.5. The number of hydrogen-bond acceptors (Lipinski definition) is 6. The Labute approximate surface area is 219 Å². The molecule has 1 aromatic carbocycles. The Hall–Kier alpha value is -3.31. The van der Waals surface area contributed by atoms with Crippen LogP contribution in [0.25, 0.3) is 6.08 Å². The molecule has 2 heterocycles. The summed E-state index contributed by atoms with van der Waals surface area (Å²) in [5.74, 6) is 5.35.